The zero-order valence-electron chi connectivity index (χ0n) is 19.0. The van der Waals surface area contributed by atoms with E-state index in [0.29, 0.717) is 17.8 Å². The van der Waals surface area contributed by atoms with Crippen LogP contribution in [-0.2, 0) is 0 Å². The lowest BCUT2D eigenvalue weighted by atomic mass is 9.48. The molecule has 0 radical (unpaired) electrons. The van der Waals surface area contributed by atoms with Gasteiger partial charge in [-0.1, -0.05) is 68.0 Å². The van der Waals surface area contributed by atoms with Crippen molar-refractivity contribution in [3.63, 3.8) is 0 Å². The summed E-state index contributed by atoms with van der Waals surface area (Å²) in [5, 5.41) is 27.7. The highest BCUT2D eigenvalue weighted by molar-refractivity contribution is 5.24. The van der Waals surface area contributed by atoms with E-state index in [9.17, 15) is 10.2 Å². The molecule has 3 rings (SSSR count). The molecule has 3 heteroatoms. The predicted octanol–water partition coefficient (Wildman–Crippen LogP) is 5.36. The quantitative estimate of drug-likeness (QED) is 0.437. The zero-order valence-corrected chi connectivity index (χ0v) is 19.0. The van der Waals surface area contributed by atoms with E-state index in [1.54, 1.807) is 19.9 Å². The van der Waals surface area contributed by atoms with Gasteiger partial charge in [0.15, 0.2) is 0 Å². The number of hydrogen-bond acceptors (Lipinski definition) is 3. The second-order valence-corrected chi connectivity index (χ2v) is 9.35. The largest absolute Gasteiger partial charge is 0.389 e. The SMILES string of the molecule is C=CC(=C)C[C@H](O)C=C(C)C.C=CC(C)(C)O.CC1=C[C@H](O)[C@H]2C[C@@H]1C2(C)C. The standard InChI is InChI=1S/2C10H16O.C5H10O/c1-6-4-9(11)8-5-7(6)10(8,2)3;1-5-9(4)7-10(11)6-8(2)3;1-4-5(2,3)6/h4,7-9,11H,5H2,1-3H3;5-6,10-11H,1,4,7H2,2-3H3;4,6H,1H2,2-3H3/t7-,8+,9-;10-;/m01./s1. The Morgan fingerprint density at radius 2 is 1.82 bits per heavy atom. The highest BCUT2D eigenvalue weighted by Crippen LogP contribution is 2.58. The fourth-order valence-corrected chi connectivity index (χ4v) is 3.61. The molecule has 0 aromatic heterocycles. The molecule has 3 N–H and O–H groups in total. The third-order valence-electron chi connectivity index (χ3n) is 5.52. The molecule has 0 unspecified atom stereocenters. The minimum Gasteiger partial charge on any atom is -0.389 e. The van der Waals surface area contributed by atoms with Crippen LogP contribution in [0.2, 0.25) is 0 Å². The smallest absolute Gasteiger partial charge is 0.0769 e. The van der Waals surface area contributed by atoms with Gasteiger partial charge in [0.2, 0.25) is 0 Å². The Hall–Kier alpha value is -1.42. The third-order valence-corrected chi connectivity index (χ3v) is 5.52. The Morgan fingerprint density at radius 3 is 2.11 bits per heavy atom. The molecule has 1 fully saturated rings. The first kappa shape index (κ1) is 26.6. The summed E-state index contributed by atoms with van der Waals surface area (Å²) in [5.41, 5.74) is 3.05. The van der Waals surface area contributed by atoms with Gasteiger partial charge in [-0.2, -0.15) is 0 Å². The molecule has 3 nitrogen and oxygen atoms in total. The lowest BCUT2D eigenvalue weighted by Gasteiger charge is -2.57. The fourth-order valence-electron chi connectivity index (χ4n) is 3.61. The van der Waals surface area contributed by atoms with Crippen LogP contribution in [0.4, 0.5) is 0 Å². The average molecular weight is 391 g/mol. The normalized spacial score (nSPS) is 25.2. The Kier molecular flexibility index (Phi) is 10.4. The minimum absolute atomic E-state index is 0.171. The van der Waals surface area contributed by atoms with Gasteiger partial charge in [0.1, 0.15) is 0 Å². The van der Waals surface area contributed by atoms with Crippen molar-refractivity contribution in [3.05, 3.63) is 60.8 Å². The lowest BCUT2D eigenvalue weighted by molar-refractivity contribution is -0.0760. The maximum absolute atomic E-state index is 9.65. The van der Waals surface area contributed by atoms with E-state index in [4.69, 9.17) is 5.11 Å². The first-order valence-corrected chi connectivity index (χ1v) is 10.0. The molecule has 3 aliphatic carbocycles. The Morgan fingerprint density at radius 1 is 1.32 bits per heavy atom. The van der Waals surface area contributed by atoms with Gasteiger partial charge in [-0.05, 0) is 58.3 Å². The molecule has 1 saturated carbocycles. The van der Waals surface area contributed by atoms with Crippen molar-refractivity contribution in [2.24, 2.45) is 17.3 Å². The first-order valence-electron chi connectivity index (χ1n) is 10.0. The van der Waals surface area contributed by atoms with Gasteiger partial charge in [-0.3, -0.25) is 0 Å². The molecule has 0 amide bonds. The number of aliphatic hydroxyl groups is 3. The van der Waals surface area contributed by atoms with Crippen molar-refractivity contribution in [3.8, 4) is 0 Å². The molecule has 0 aromatic carbocycles. The summed E-state index contributed by atoms with van der Waals surface area (Å²) in [6, 6.07) is 0. The molecule has 0 aromatic rings. The first-order chi connectivity index (χ1) is 12.7. The molecule has 0 heterocycles. The molecule has 28 heavy (non-hydrogen) atoms. The molecule has 0 aliphatic heterocycles. The summed E-state index contributed by atoms with van der Waals surface area (Å²) in [6.45, 7) is 24.6. The van der Waals surface area contributed by atoms with Crippen LogP contribution in [0.25, 0.3) is 0 Å². The average Bonchev–Trinajstić information content (AvgIpc) is 2.53. The molecule has 0 saturated heterocycles. The van der Waals surface area contributed by atoms with Gasteiger partial charge in [0, 0.05) is 6.42 Å². The van der Waals surface area contributed by atoms with Gasteiger partial charge >= 0.3 is 0 Å². The number of aliphatic hydroxyl groups excluding tert-OH is 2. The minimum atomic E-state index is -0.694. The van der Waals surface area contributed by atoms with E-state index in [1.165, 1.54) is 18.1 Å². The van der Waals surface area contributed by atoms with E-state index in [0.717, 1.165) is 17.1 Å². The van der Waals surface area contributed by atoms with Crippen molar-refractivity contribution in [2.75, 3.05) is 0 Å². The van der Waals surface area contributed by atoms with E-state index in [-0.39, 0.29) is 6.10 Å². The zero-order chi connectivity index (χ0) is 22.3. The predicted molar refractivity (Wildman–Crippen MR) is 121 cm³/mol. The molecule has 0 spiro atoms. The van der Waals surface area contributed by atoms with Crippen LogP contribution in [0.3, 0.4) is 0 Å². The monoisotopic (exact) mass is 390 g/mol. The van der Waals surface area contributed by atoms with Crippen LogP contribution < -0.4 is 0 Å². The second-order valence-electron chi connectivity index (χ2n) is 9.35. The highest BCUT2D eigenvalue weighted by Gasteiger charge is 2.53. The van der Waals surface area contributed by atoms with Crippen molar-refractivity contribution in [1.82, 2.24) is 0 Å². The second kappa shape index (κ2) is 10.9. The van der Waals surface area contributed by atoms with Crippen molar-refractivity contribution >= 4 is 0 Å². The summed E-state index contributed by atoms with van der Waals surface area (Å²) < 4.78 is 0. The lowest BCUT2D eigenvalue weighted by Crippen LogP contribution is -2.53. The summed E-state index contributed by atoms with van der Waals surface area (Å²) in [5.74, 6) is 1.27. The third kappa shape index (κ3) is 8.72. The molecule has 3 aliphatic rings. The molecular formula is C25H42O3. The van der Waals surface area contributed by atoms with Gasteiger partial charge in [-0.25, -0.2) is 0 Å². The van der Waals surface area contributed by atoms with Crippen molar-refractivity contribution in [1.29, 1.82) is 0 Å². The van der Waals surface area contributed by atoms with E-state index in [2.05, 4.69) is 40.5 Å². The summed E-state index contributed by atoms with van der Waals surface area (Å²) >= 11 is 0. The summed E-state index contributed by atoms with van der Waals surface area (Å²) in [6.07, 6.45) is 8.21. The van der Waals surface area contributed by atoms with Crippen LogP contribution in [-0.4, -0.2) is 33.1 Å². The van der Waals surface area contributed by atoms with E-state index in [1.807, 2.05) is 26.0 Å². The van der Waals surface area contributed by atoms with Gasteiger partial charge in [0.25, 0.3) is 0 Å². The Balaban J connectivity index is 0.000000411. The topological polar surface area (TPSA) is 60.7 Å². The van der Waals surface area contributed by atoms with E-state index < -0.39 is 11.7 Å². The molecule has 4 atom stereocenters. The Bertz CT molecular complexity index is 598. The number of fused-ring (bicyclic) bond motifs is 1. The summed E-state index contributed by atoms with van der Waals surface area (Å²) in [4.78, 5) is 0. The number of allylic oxidation sites excluding steroid dienone is 3. The van der Waals surface area contributed by atoms with E-state index >= 15 is 0 Å². The maximum atomic E-state index is 9.65. The number of hydrogen-bond donors (Lipinski definition) is 3. The van der Waals surface area contributed by atoms with Crippen LogP contribution in [0.1, 0.15) is 61.3 Å². The number of rotatable bonds is 5. The molecular weight excluding hydrogens is 348 g/mol. The molecule has 2 bridgehead atoms. The van der Waals surface area contributed by atoms with Crippen molar-refractivity contribution < 1.29 is 15.3 Å². The van der Waals surface area contributed by atoms with Crippen LogP contribution in [0.5, 0.6) is 0 Å². The maximum Gasteiger partial charge on any atom is 0.0769 e. The summed E-state index contributed by atoms with van der Waals surface area (Å²) in [7, 11) is 0. The van der Waals surface area contributed by atoms with Gasteiger partial charge in [0.05, 0.1) is 17.8 Å². The van der Waals surface area contributed by atoms with Crippen LogP contribution in [0, 0.1) is 17.3 Å². The Labute approximate surface area is 172 Å². The fraction of sp³-hybridized carbons (Fsp3) is 0.600. The molecule has 160 valence electrons. The highest BCUT2D eigenvalue weighted by atomic mass is 16.3. The van der Waals surface area contributed by atoms with Gasteiger partial charge < -0.3 is 15.3 Å². The van der Waals surface area contributed by atoms with Crippen LogP contribution >= 0.6 is 0 Å². The van der Waals surface area contributed by atoms with Crippen LogP contribution in [0.15, 0.2) is 60.8 Å². The van der Waals surface area contributed by atoms with Gasteiger partial charge in [-0.15, -0.1) is 6.58 Å². The van der Waals surface area contributed by atoms with Crippen molar-refractivity contribution in [2.45, 2.75) is 79.1 Å².